The molecule has 1 N–H and O–H groups in total. The lowest BCUT2D eigenvalue weighted by Crippen LogP contribution is -2.33. The molecule has 0 saturated heterocycles. The molecule has 1 aromatic heterocycles. The fourth-order valence-electron chi connectivity index (χ4n) is 2.65. The standard InChI is InChI=1S/C20H19Cl2N3O2/c1-3-12(2)17(23-19(26)15-9-4-5-10-16(15)22)20-24-18(25-27-20)13-7-6-8-14(21)11-13/h4-12,17H,3H2,1-2H3,(H,23,26). The fraction of sp³-hybridized carbons (Fsp3) is 0.250. The highest BCUT2D eigenvalue weighted by Crippen LogP contribution is 2.27. The van der Waals surface area contributed by atoms with Crippen molar-refractivity contribution in [1.82, 2.24) is 15.5 Å². The van der Waals surface area contributed by atoms with Crippen LogP contribution in [0.2, 0.25) is 10.0 Å². The number of carbonyl (C=O) groups excluding carboxylic acids is 1. The van der Waals surface area contributed by atoms with E-state index in [1.54, 1.807) is 36.4 Å². The Morgan fingerprint density at radius 2 is 1.96 bits per heavy atom. The van der Waals surface area contributed by atoms with Crippen LogP contribution in [-0.4, -0.2) is 16.0 Å². The van der Waals surface area contributed by atoms with E-state index in [1.165, 1.54) is 0 Å². The second kappa shape index (κ2) is 8.55. The fourth-order valence-corrected chi connectivity index (χ4v) is 3.07. The highest BCUT2D eigenvalue weighted by molar-refractivity contribution is 6.33. The van der Waals surface area contributed by atoms with Gasteiger partial charge in [0.15, 0.2) is 0 Å². The molecular formula is C20H19Cl2N3O2. The maximum atomic E-state index is 12.7. The molecule has 140 valence electrons. The van der Waals surface area contributed by atoms with Gasteiger partial charge in [-0.3, -0.25) is 4.79 Å². The Hall–Kier alpha value is -2.37. The molecule has 0 saturated carbocycles. The zero-order valence-electron chi connectivity index (χ0n) is 14.9. The molecule has 2 unspecified atom stereocenters. The number of hydrogen-bond acceptors (Lipinski definition) is 4. The number of hydrogen-bond donors (Lipinski definition) is 1. The molecule has 3 aromatic rings. The Balaban J connectivity index is 1.88. The average Bonchev–Trinajstić information content (AvgIpc) is 3.15. The van der Waals surface area contributed by atoms with Crippen LogP contribution in [0.3, 0.4) is 0 Å². The van der Waals surface area contributed by atoms with Crippen LogP contribution in [0.15, 0.2) is 53.1 Å². The number of nitrogens with zero attached hydrogens (tertiary/aromatic N) is 2. The van der Waals surface area contributed by atoms with Gasteiger partial charge in [-0.05, 0) is 30.2 Å². The van der Waals surface area contributed by atoms with Gasteiger partial charge in [0.2, 0.25) is 11.7 Å². The SMILES string of the molecule is CCC(C)C(NC(=O)c1ccccc1Cl)c1nc(-c2cccc(Cl)c2)no1. The molecule has 0 bridgehead atoms. The first-order valence-corrected chi connectivity index (χ1v) is 9.40. The van der Waals surface area contributed by atoms with Crippen LogP contribution in [0.5, 0.6) is 0 Å². The van der Waals surface area contributed by atoms with Gasteiger partial charge >= 0.3 is 0 Å². The van der Waals surface area contributed by atoms with Crippen molar-refractivity contribution in [3.8, 4) is 11.4 Å². The van der Waals surface area contributed by atoms with E-state index in [0.29, 0.717) is 27.3 Å². The summed E-state index contributed by atoms with van der Waals surface area (Å²) < 4.78 is 5.46. The van der Waals surface area contributed by atoms with E-state index in [1.807, 2.05) is 26.0 Å². The lowest BCUT2D eigenvalue weighted by Gasteiger charge is -2.21. The normalized spacial score (nSPS) is 13.2. The summed E-state index contributed by atoms with van der Waals surface area (Å²) in [6.45, 7) is 4.05. The predicted octanol–water partition coefficient (Wildman–Crippen LogP) is 5.56. The monoisotopic (exact) mass is 403 g/mol. The van der Waals surface area contributed by atoms with Crippen LogP contribution in [0.4, 0.5) is 0 Å². The van der Waals surface area contributed by atoms with Crippen molar-refractivity contribution in [2.75, 3.05) is 0 Å². The third-order valence-electron chi connectivity index (χ3n) is 4.41. The maximum Gasteiger partial charge on any atom is 0.253 e. The second-order valence-corrected chi connectivity index (χ2v) is 7.13. The summed E-state index contributed by atoms with van der Waals surface area (Å²) >= 11 is 12.2. The van der Waals surface area contributed by atoms with Gasteiger partial charge in [0.25, 0.3) is 5.91 Å². The van der Waals surface area contributed by atoms with Gasteiger partial charge in [0.1, 0.15) is 6.04 Å². The van der Waals surface area contributed by atoms with Crippen molar-refractivity contribution in [2.24, 2.45) is 5.92 Å². The molecule has 3 rings (SSSR count). The molecule has 0 aliphatic heterocycles. The van der Waals surface area contributed by atoms with Crippen molar-refractivity contribution >= 4 is 29.1 Å². The second-order valence-electron chi connectivity index (χ2n) is 6.28. The number of halogens is 2. The summed E-state index contributed by atoms with van der Waals surface area (Å²) in [5.74, 6) is 0.574. The van der Waals surface area contributed by atoms with Gasteiger partial charge in [0, 0.05) is 10.6 Å². The van der Waals surface area contributed by atoms with Gasteiger partial charge in [-0.1, -0.05) is 72.9 Å². The van der Waals surface area contributed by atoms with Crippen LogP contribution in [0, 0.1) is 5.92 Å². The minimum atomic E-state index is -0.431. The predicted molar refractivity (Wildman–Crippen MR) is 106 cm³/mol. The number of nitrogens with one attached hydrogen (secondary N) is 1. The van der Waals surface area contributed by atoms with Crippen LogP contribution < -0.4 is 5.32 Å². The Labute approximate surface area is 167 Å². The van der Waals surface area contributed by atoms with E-state index in [0.717, 1.165) is 12.0 Å². The summed E-state index contributed by atoms with van der Waals surface area (Å²) in [4.78, 5) is 17.2. The maximum absolute atomic E-state index is 12.7. The summed E-state index contributed by atoms with van der Waals surface area (Å²) in [5.41, 5.74) is 1.15. The van der Waals surface area contributed by atoms with Crippen LogP contribution in [-0.2, 0) is 0 Å². The Bertz CT molecular complexity index is 942. The van der Waals surface area contributed by atoms with Crippen molar-refractivity contribution in [3.05, 3.63) is 70.0 Å². The quantitative estimate of drug-likeness (QED) is 0.584. The van der Waals surface area contributed by atoms with Gasteiger partial charge in [-0.25, -0.2) is 0 Å². The largest absolute Gasteiger partial charge is 0.340 e. The molecule has 27 heavy (non-hydrogen) atoms. The average molecular weight is 404 g/mol. The van der Waals surface area contributed by atoms with Crippen molar-refractivity contribution in [3.63, 3.8) is 0 Å². The van der Waals surface area contributed by atoms with Gasteiger partial charge in [0.05, 0.1) is 10.6 Å². The minimum absolute atomic E-state index is 0.0871. The molecule has 1 amide bonds. The first kappa shape index (κ1) is 19.4. The zero-order chi connectivity index (χ0) is 19.4. The number of carbonyl (C=O) groups is 1. The molecule has 0 aliphatic carbocycles. The first-order chi connectivity index (χ1) is 13.0. The molecule has 7 heteroatoms. The van der Waals surface area contributed by atoms with Crippen molar-refractivity contribution in [2.45, 2.75) is 26.3 Å². The van der Waals surface area contributed by atoms with E-state index in [4.69, 9.17) is 27.7 Å². The van der Waals surface area contributed by atoms with Crippen LogP contribution in [0.25, 0.3) is 11.4 Å². The molecule has 2 atom stereocenters. The first-order valence-electron chi connectivity index (χ1n) is 8.64. The van der Waals surface area contributed by atoms with Crippen LogP contribution in [0.1, 0.15) is 42.6 Å². The molecular weight excluding hydrogens is 385 g/mol. The molecule has 5 nitrogen and oxygen atoms in total. The third kappa shape index (κ3) is 4.49. The van der Waals surface area contributed by atoms with E-state index >= 15 is 0 Å². The Morgan fingerprint density at radius 3 is 2.67 bits per heavy atom. The minimum Gasteiger partial charge on any atom is -0.340 e. The zero-order valence-corrected chi connectivity index (χ0v) is 16.5. The topological polar surface area (TPSA) is 68.0 Å². The number of benzene rings is 2. The molecule has 0 fully saturated rings. The van der Waals surface area contributed by atoms with E-state index in [-0.39, 0.29) is 11.8 Å². The van der Waals surface area contributed by atoms with Gasteiger partial charge < -0.3 is 9.84 Å². The van der Waals surface area contributed by atoms with Crippen LogP contribution >= 0.6 is 23.2 Å². The highest BCUT2D eigenvalue weighted by Gasteiger charge is 2.27. The van der Waals surface area contributed by atoms with E-state index < -0.39 is 6.04 Å². The number of aromatic nitrogens is 2. The summed E-state index contributed by atoms with van der Waals surface area (Å²) in [6, 6.07) is 13.7. The van der Waals surface area contributed by atoms with Gasteiger partial charge in [-0.15, -0.1) is 0 Å². The Kier molecular flexibility index (Phi) is 6.14. The molecule has 0 spiro atoms. The van der Waals surface area contributed by atoms with E-state index in [2.05, 4.69) is 15.5 Å². The lowest BCUT2D eigenvalue weighted by molar-refractivity contribution is 0.0910. The highest BCUT2D eigenvalue weighted by atomic mass is 35.5. The summed E-state index contributed by atoms with van der Waals surface area (Å²) in [6.07, 6.45) is 0.822. The van der Waals surface area contributed by atoms with Crippen molar-refractivity contribution < 1.29 is 9.32 Å². The smallest absolute Gasteiger partial charge is 0.253 e. The van der Waals surface area contributed by atoms with Gasteiger partial charge in [-0.2, -0.15) is 4.98 Å². The Morgan fingerprint density at radius 1 is 1.19 bits per heavy atom. The lowest BCUT2D eigenvalue weighted by atomic mass is 9.98. The number of amides is 1. The van der Waals surface area contributed by atoms with E-state index in [9.17, 15) is 4.79 Å². The number of rotatable bonds is 6. The molecule has 0 radical (unpaired) electrons. The molecule has 1 heterocycles. The third-order valence-corrected chi connectivity index (χ3v) is 4.97. The summed E-state index contributed by atoms with van der Waals surface area (Å²) in [7, 11) is 0. The molecule has 2 aromatic carbocycles. The molecule has 0 aliphatic rings. The van der Waals surface area contributed by atoms with Crippen molar-refractivity contribution in [1.29, 1.82) is 0 Å². The summed E-state index contributed by atoms with van der Waals surface area (Å²) in [5, 5.41) is 7.99.